The average molecular weight is 378 g/mol. The van der Waals surface area contributed by atoms with Gasteiger partial charge in [-0.1, -0.05) is 6.07 Å². The summed E-state index contributed by atoms with van der Waals surface area (Å²) in [7, 11) is 1.51. The van der Waals surface area contributed by atoms with E-state index in [0.29, 0.717) is 24.4 Å². The second kappa shape index (κ2) is 11.3. The molecule has 148 valence electrons. The minimum Gasteiger partial charge on any atom is -0.463 e. The van der Waals surface area contributed by atoms with Crippen molar-refractivity contribution in [2.24, 2.45) is 0 Å². The van der Waals surface area contributed by atoms with E-state index in [-0.39, 0.29) is 37.4 Å². The van der Waals surface area contributed by atoms with Gasteiger partial charge in [0.15, 0.2) is 0 Å². The van der Waals surface area contributed by atoms with Crippen LogP contribution in [0.2, 0.25) is 0 Å². The SMILES string of the molecule is COCCOC(=O)CCC(=O)Nc1cccc(C(=O)NCC2CCCO2)c1. The van der Waals surface area contributed by atoms with E-state index in [4.69, 9.17) is 14.2 Å². The predicted octanol–water partition coefficient (Wildman–Crippen LogP) is 1.50. The van der Waals surface area contributed by atoms with Gasteiger partial charge in [-0.3, -0.25) is 14.4 Å². The van der Waals surface area contributed by atoms with Gasteiger partial charge in [0.2, 0.25) is 5.91 Å². The van der Waals surface area contributed by atoms with E-state index in [1.807, 2.05) is 0 Å². The van der Waals surface area contributed by atoms with Crippen LogP contribution in [0.3, 0.4) is 0 Å². The summed E-state index contributed by atoms with van der Waals surface area (Å²) in [4.78, 5) is 35.7. The molecule has 8 nitrogen and oxygen atoms in total. The van der Waals surface area contributed by atoms with E-state index >= 15 is 0 Å². The number of ether oxygens (including phenoxy) is 3. The summed E-state index contributed by atoms with van der Waals surface area (Å²) in [6.45, 7) is 1.70. The van der Waals surface area contributed by atoms with Gasteiger partial charge in [0.1, 0.15) is 6.61 Å². The van der Waals surface area contributed by atoms with Gasteiger partial charge < -0.3 is 24.8 Å². The van der Waals surface area contributed by atoms with Crippen molar-refractivity contribution in [3.63, 3.8) is 0 Å². The van der Waals surface area contributed by atoms with E-state index in [2.05, 4.69) is 10.6 Å². The lowest BCUT2D eigenvalue weighted by Crippen LogP contribution is -2.31. The van der Waals surface area contributed by atoms with Crippen molar-refractivity contribution in [3.8, 4) is 0 Å². The molecule has 27 heavy (non-hydrogen) atoms. The van der Waals surface area contributed by atoms with Crippen molar-refractivity contribution in [1.29, 1.82) is 0 Å². The van der Waals surface area contributed by atoms with Crippen LogP contribution in [0, 0.1) is 0 Å². The summed E-state index contributed by atoms with van der Waals surface area (Å²) >= 11 is 0. The second-order valence-electron chi connectivity index (χ2n) is 6.19. The summed E-state index contributed by atoms with van der Waals surface area (Å²) in [6.07, 6.45) is 2.02. The molecule has 0 saturated carbocycles. The van der Waals surface area contributed by atoms with Crippen molar-refractivity contribution in [2.75, 3.05) is 38.8 Å². The Morgan fingerprint density at radius 1 is 1.22 bits per heavy atom. The van der Waals surface area contributed by atoms with Crippen LogP contribution in [0.5, 0.6) is 0 Å². The zero-order valence-corrected chi connectivity index (χ0v) is 15.5. The number of nitrogens with one attached hydrogen (secondary N) is 2. The Morgan fingerprint density at radius 2 is 2.07 bits per heavy atom. The fraction of sp³-hybridized carbons (Fsp3) is 0.526. The van der Waals surface area contributed by atoms with Gasteiger partial charge in [-0.15, -0.1) is 0 Å². The minimum absolute atomic E-state index is 0.00125. The van der Waals surface area contributed by atoms with Crippen LogP contribution < -0.4 is 10.6 Å². The number of esters is 1. The molecule has 0 radical (unpaired) electrons. The number of hydrogen-bond acceptors (Lipinski definition) is 6. The van der Waals surface area contributed by atoms with Gasteiger partial charge in [0.25, 0.3) is 5.91 Å². The minimum atomic E-state index is -0.454. The van der Waals surface area contributed by atoms with E-state index in [9.17, 15) is 14.4 Å². The summed E-state index contributed by atoms with van der Waals surface area (Å²) in [5.74, 6) is -0.997. The van der Waals surface area contributed by atoms with Crippen molar-refractivity contribution >= 4 is 23.5 Å². The van der Waals surface area contributed by atoms with Gasteiger partial charge in [-0.25, -0.2) is 0 Å². The van der Waals surface area contributed by atoms with Crippen LogP contribution in [-0.4, -0.2) is 57.4 Å². The predicted molar refractivity (Wildman–Crippen MR) is 98.4 cm³/mol. The van der Waals surface area contributed by atoms with E-state index in [1.165, 1.54) is 7.11 Å². The molecule has 2 N–H and O–H groups in total. The third kappa shape index (κ3) is 7.76. The molecule has 1 unspecified atom stereocenters. The molecule has 2 amide bonds. The zero-order valence-electron chi connectivity index (χ0n) is 15.5. The highest BCUT2D eigenvalue weighted by Crippen LogP contribution is 2.13. The topological polar surface area (TPSA) is 103 Å². The molecule has 0 aliphatic carbocycles. The maximum absolute atomic E-state index is 12.2. The van der Waals surface area contributed by atoms with Crippen LogP contribution in [0.4, 0.5) is 5.69 Å². The third-order valence-corrected chi connectivity index (χ3v) is 4.03. The molecule has 1 atom stereocenters. The number of benzene rings is 1. The molecule has 1 aliphatic rings. The smallest absolute Gasteiger partial charge is 0.306 e. The lowest BCUT2D eigenvalue weighted by Gasteiger charge is -2.11. The van der Waals surface area contributed by atoms with Gasteiger partial charge in [-0.05, 0) is 31.0 Å². The van der Waals surface area contributed by atoms with Crippen molar-refractivity contribution < 1.29 is 28.6 Å². The molecule has 0 bridgehead atoms. The molecule has 1 aromatic rings. The summed E-state index contributed by atoms with van der Waals surface area (Å²) < 4.78 is 15.1. The molecular formula is C19H26N2O6. The fourth-order valence-electron chi connectivity index (χ4n) is 2.60. The summed E-state index contributed by atoms with van der Waals surface area (Å²) in [5.41, 5.74) is 0.947. The van der Waals surface area contributed by atoms with Crippen LogP contribution >= 0.6 is 0 Å². The monoisotopic (exact) mass is 378 g/mol. The van der Waals surface area contributed by atoms with Gasteiger partial charge in [-0.2, -0.15) is 0 Å². The van der Waals surface area contributed by atoms with Crippen LogP contribution in [0.25, 0.3) is 0 Å². The highest BCUT2D eigenvalue weighted by molar-refractivity contribution is 5.97. The van der Waals surface area contributed by atoms with Crippen molar-refractivity contribution in [2.45, 2.75) is 31.8 Å². The Balaban J connectivity index is 1.75. The van der Waals surface area contributed by atoms with E-state index < -0.39 is 5.97 Å². The zero-order chi connectivity index (χ0) is 19.5. The van der Waals surface area contributed by atoms with Gasteiger partial charge in [0, 0.05) is 37.9 Å². The fourth-order valence-corrected chi connectivity index (χ4v) is 2.60. The largest absolute Gasteiger partial charge is 0.463 e. The molecule has 0 aromatic heterocycles. The van der Waals surface area contributed by atoms with Crippen molar-refractivity contribution in [3.05, 3.63) is 29.8 Å². The third-order valence-electron chi connectivity index (χ3n) is 4.03. The molecule has 1 aliphatic heterocycles. The normalized spacial score (nSPS) is 16.0. The summed E-state index contributed by atoms with van der Waals surface area (Å²) in [6, 6.07) is 6.65. The molecule has 8 heteroatoms. The van der Waals surface area contributed by atoms with Gasteiger partial charge in [0.05, 0.1) is 19.1 Å². The first kappa shape index (κ1) is 20.9. The summed E-state index contributed by atoms with van der Waals surface area (Å²) in [5, 5.41) is 5.52. The molecule has 1 fully saturated rings. The number of methoxy groups -OCH3 is 1. The number of carbonyl (C=O) groups is 3. The Morgan fingerprint density at radius 3 is 2.81 bits per heavy atom. The highest BCUT2D eigenvalue weighted by atomic mass is 16.6. The first-order chi connectivity index (χ1) is 13.1. The number of hydrogen-bond donors (Lipinski definition) is 2. The number of anilines is 1. The number of carbonyl (C=O) groups excluding carboxylic acids is 3. The molecule has 2 rings (SSSR count). The maximum Gasteiger partial charge on any atom is 0.306 e. The molecule has 1 heterocycles. The van der Waals surface area contributed by atoms with Crippen molar-refractivity contribution in [1.82, 2.24) is 5.32 Å². The molecule has 1 aromatic carbocycles. The quantitative estimate of drug-likeness (QED) is 0.472. The lowest BCUT2D eigenvalue weighted by atomic mass is 10.1. The van der Waals surface area contributed by atoms with Crippen LogP contribution in [-0.2, 0) is 23.8 Å². The number of rotatable bonds is 10. The van der Waals surface area contributed by atoms with E-state index in [1.54, 1.807) is 24.3 Å². The van der Waals surface area contributed by atoms with Gasteiger partial charge >= 0.3 is 5.97 Å². The van der Waals surface area contributed by atoms with Crippen LogP contribution in [0.15, 0.2) is 24.3 Å². The highest BCUT2D eigenvalue weighted by Gasteiger charge is 2.17. The molecule has 0 spiro atoms. The standard InChI is InChI=1S/C19H26N2O6/c1-25-10-11-27-18(23)8-7-17(22)21-15-5-2-4-14(12-15)19(24)20-13-16-6-3-9-26-16/h2,4-5,12,16H,3,6-11,13H2,1H3,(H,20,24)(H,21,22). The Bertz CT molecular complexity index is 643. The number of amides is 2. The Hall–Kier alpha value is -2.45. The molecular weight excluding hydrogens is 352 g/mol. The van der Waals surface area contributed by atoms with E-state index in [0.717, 1.165) is 19.4 Å². The maximum atomic E-state index is 12.2. The first-order valence-electron chi connectivity index (χ1n) is 9.02. The Kier molecular flexibility index (Phi) is 8.73. The van der Waals surface area contributed by atoms with Crippen LogP contribution in [0.1, 0.15) is 36.0 Å². The first-order valence-corrected chi connectivity index (χ1v) is 9.02. The average Bonchev–Trinajstić information content (AvgIpc) is 3.18. The second-order valence-corrected chi connectivity index (χ2v) is 6.19. The molecule has 1 saturated heterocycles. The Labute approximate surface area is 158 Å². The lowest BCUT2D eigenvalue weighted by molar-refractivity contribution is -0.145.